The summed E-state index contributed by atoms with van der Waals surface area (Å²) in [5.74, 6) is 7.47. The molecule has 3 atom stereocenters. The molecule has 17 heavy (non-hydrogen) atoms. The minimum absolute atomic E-state index is 0.506. The highest BCUT2D eigenvalue weighted by Gasteiger charge is 2.29. The summed E-state index contributed by atoms with van der Waals surface area (Å²) in [4.78, 5) is 0. The first-order chi connectivity index (χ1) is 8.33. The van der Waals surface area contributed by atoms with Crippen LogP contribution in [0.1, 0.15) is 44.6 Å². The maximum atomic E-state index is 5.73. The molecule has 0 aromatic carbocycles. The summed E-state index contributed by atoms with van der Waals surface area (Å²) < 4.78 is 0. The van der Waals surface area contributed by atoms with E-state index in [2.05, 4.69) is 29.2 Å². The van der Waals surface area contributed by atoms with Crippen LogP contribution in [0.5, 0.6) is 0 Å². The SMILES string of the molecule is CCC1CCC(C(CCc2ccsc2)NN)C1. The van der Waals surface area contributed by atoms with Crippen molar-refractivity contribution in [2.24, 2.45) is 17.7 Å². The molecule has 1 aliphatic carbocycles. The number of hydrogen-bond acceptors (Lipinski definition) is 3. The zero-order valence-corrected chi connectivity index (χ0v) is 11.5. The smallest absolute Gasteiger partial charge is 0.0242 e. The number of hydrazine groups is 1. The Labute approximate surface area is 109 Å². The zero-order valence-electron chi connectivity index (χ0n) is 10.7. The topological polar surface area (TPSA) is 38.0 Å². The van der Waals surface area contributed by atoms with E-state index in [4.69, 9.17) is 5.84 Å². The molecule has 1 aromatic heterocycles. The van der Waals surface area contributed by atoms with Crippen LogP contribution in [0.3, 0.4) is 0 Å². The lowest BCUT2D eigenvalue weighted by Gasteiger charge is -2.22. The van der Waals surface area contributed by atoms with Gasteiger partial charge in [-0.1, -0.05) is 19.8 Å². The molecular weight excluding hydrogens is 228 g/mol. The van der Waals surface area contributed by atoms with Crippen molar-refractivity contribution in [2.45, 2.75) is 51.5 Å². The van der Waals surface area contributed by atoms with Crippen LogP contribution in [0.25, 0.3) is 0 Å². The molecule has 0 aliphatic heterocycles. The van der Waals surface area contributed by atoms with E-state index >= 15 is 0 Å². The highest BCUT2D eigenvalue weighted by Crippen LogP contribution is 2.35. The van der Waals surface area contributed by atoms with Crippen LogP contribution in [0.2, 0.25) is 0 Å². The molecule has 1 heterocycles. The molecule has 1 aliphatic rings. The first kappa shape index (κ1) is 13.1. The lowest BCUT2D eigenvalue weighted by Crippen LogP contribution is -2.40. The van der Waals surface area contributed by atoms with Crippen molar-refractivity contribution in [3.05, 3.63) is 22.4 Å². The largest absolute Gasteiger partial charge is 0.271 e. The van der Waals surface area contributed by atoms with Gasteiger partial charge in [-0.15, -0.1) is 0 Å². The molecule has 3 heteroatoms. The summed E-state index contributed by atoms with van der Waals surface area (Å²) in [6, 6.07) is 2.73. The Hall–Kier alpha value is -0.380. The summed E-state index contributed by atoms with van der Waals surface area (Å²) in [6.07, 6.45) is 7.79. The van der Waals surface area contributed by atoms with Crippen LogP contribution >= 0.6 is 11.3 Å². The predicted molar refractivity (Wildman–Crippen MR) is 74.9 cm³/mol. The molecule has 1 fully saturated rings. The first-order valence-electron chi connectivity index (χ1n) is 6.80. The van der Waals surface area contributed by atoms with Gasteiger partial charge in [0.05, 0.1) is 0 Å². The fourth-order valence-electron chi connectivity index (χ4n) is 3.06. The molecule has 0 saturated heterocycles. The van der Waals surface area contributed by atoms with Gasteiger partial charge in [0.25, 0.3) is 0 Å². The van der Waals surface area contributed by atoms with Crippen molar-refractivity contribution >= 4 is 11.3 Å². The second kappa shape index (κ2) is 6.53. The first-order valence-corrected chi connectivity index (χ1v) is 7.75. The third kappa shape index (κ3) is 3.54. The second-order valence-corrected chi connectivity index (χ2v) is 6.07. The van der Waals surface area contributed by atoms with Gasteiger partial charge in [0, 0.05) is 6.04 Å². The average Bonchev–Trinajstić information content (AvgIpc) is 3.00. The highest BCUT2D eigenvalue weighted by molar-refractivity contribution is 7.07. The third-order valence-electron chi connectivity index (χ3n) is 4.27. The fourth-order valence-corrected chi connectivity index (χ4v) is 3.77. The predicted octanol–water partition coefficient (Wildman–Crippen LogP) is 3.34. The number of aryl methyl sites for hydroxylation is 1. The molecule has 1 aromatic rings. The number of hydrogen-bond donors (Lipinski definition) is 2. The Morgan fingerprint density at radius 2 is 2.41 bits per heavy atom. The van der Waals surface area contributed by atoms with E-state index in [0.717, 1.165) is 18.3 Å². The van der Waals surface area contributed by atoms with Crippen molar-refractivity contribution in [3.63, 3.8) is 0 Å². The Bertz CT molecular complexity index is 310. The molecule has 2 nitrogen and oxygen atoms in total. The Kier molecular flexibility index (Phi) is 5.01. The maximum absolute atomic E-state index is 5.73. The van der Waals surface area contributed by atoms with Crippen molar-refractivity contribution < 1.29 is 0 Å². The van der Waals surface area contributed by atoms with Gasteiger partial charge >= 0.3 is 0 Å². The van der Waals surface area contributed by atoms with Gasteiger partial charge in [0.1, 0.15) is 0 Å². The van der Waals surface area contributed by atoms with Gasteiger partial charge in [-0.2, -0.15) is 11.3 Å². The highest BCUT2D eigenvalue weighted by atomic mass is 32.1. The summed E-state index contributed by atoms with van der Waals surface area (Å²) in [7, 11) is 0. The van der Waals surface area contributed by atoms with Gasteiger partial charge in [0.15, 0.2) is 0 Å². The van der Waals surface area contributed by atoms with E-state index < -0.39 is 0 Å². The Morgan fingerprint density at radius 3 is 3.00 bits per heavy atom. The number of rotatable bonds is 6. The van der Waals surface area contributed by atoms with Crippen LogP contribution < -0.4 is 11.3 Å². The van der Waals surface area contributed by atoms with Crippen molar-refractivity contribution in [3.8, 4) is 0 Å². The minimum atomic E-state index is 0.506. The number of nitrogens with one attached hydrogen (secondary N) is 1. The monoisotopic (exact) mass is 252 g/mol. The third-order valence-corrected chi connectivity index (χ3v) is 5.00. The van der Waals surface area contributed by atoms with Gasteiger partial charge in [-0.3, -0.25) is 11.3 Å². The van der Waals surface area contributed by atoms with Crippen molar-refractivity contribution in [1.82, 2.24) is 5.43 Å². The van der Waals surface area contributed by atoms with E-state index in [0.29, 0.717) is 6.04 Å². The van der Waals surface area contributed by atoms with E-state index in [-0.39, 0.29) is 0 Å². The Balaban J connectivity index is 1.80. The molecule has 96 valence electrons. The van der Waals surface area contributed by atoms with Crippen LogP contribution in [-0.4, -0.2) is 6.04 Å². The Morgan fingerprint density at radius 1 is 1.53 bits per heavy atom. The number of thiophene rings is 1. The van der Waals surface area contributed by atoms with Gasteiger partial charge in [-0.25, -0.2) is 0 Å². The molecular formula is C14H24N2S. The van der Waals surface area contributed by atoms with E-state index in [1.165, 1.54) is 37.7 Å². The van der Waals surface area contributed by atoms with E-state index in [1.807, 2.05) is 0 Å². The maximum Gasteiger partial charge on any atom is 0.0242 e. The minimum Gasteiger partial charge on any atom is -0.271 e. The van der Waals surface area contributed by atoms with Gasteiger partial charge in [0.2, 0.25) is 0 Å². The quantitative estimate of drug-likeness (QED) is 0.602. The molecule has 3 N–H and O–H groups in total. The number of nitrogens with two attached hydrogens (primary N) is 1. The molecule has 0 spiro atoms. The molecule has 0 bridgehead atoms. The van der Waals surface area contributed by atoms with E-state index in [9.17, 15) is 0 Å². The van der Waals surface area contributed by atoms with Crippen molar-refractivity contribution in [2.75, 3.05) is 0 Å². The summed E-state index contributed by atoms with van der Waals surface area (Å²) in [5.41, 5.74) is 4.51. The van der Waals surface area contributed by atoms with Crippen LogP contribution in [0.4, 0.5) is 0 Å². The molecule has 0 radical (unpaired) electrons. The van der Waals surface area contributed by atoms with Gasteiger partial charge < -0.3 is 0 Å². The zero-order chi connectivity index (χ0) is 12.1. The second-order valence-electron chi connectivity index (χ2n) is 5.29. The van der Waals surface area contributed by atoms with Crippen LogP contribution in [0.15, 0.2) is 16.8 Å². The van der Waals surface area contributed by atoms with E-state index in [1.54, 1.807) is 11.3 Å². The summed E-state index contributed by atoms with van der Waals surface area (Å²) in [6.45, 7) is 2.31. The summed E-state index contributed by atoms with van der Waals surface area (Å²) >= 11 is 1.78. The summed E-state index contributed by atoms with van der Waals surface area (Å²) in [5, 5.41) is 4.40. The molecule has 2 rings (SSSR count). The standard InChI is InChI=1S/C14H24N2S/c1-2-11-3-5-13(9-11)14(16-15)6-4-12-7-8-17-10-12/h7-8,10-11,13-14,16H,2-6,9,15H2,1H3. The molecule has 0 amide bonds. The van der Waals surface area contributed by atoms with Crippen LogP contribution in [0, 0.1) is 11.8 Å². The van der Waals surface area contributed by atoms with Gasteiger partial charge in [-0.05, 0) is 59.9 Å². The fraction of sp³-hybridized carbons (Fsp3) is 0.714. The lowest BCUT2D eigenvalue weighted by molar-refractivity contribution is 0.333. The van der Waals surface area contributed by atoms with Crippen molar-refractivity contribution in [1.29, 1.82) is 0 Å². The normalized spacial score (nSPS) is 26.2. The average molecular weight is 252 g/mol. The molecule has 3 unspecified atom stereocenters. The van der Waals surface area contributed by atoms with Crippen LogP contribution in [-0.2, 0) is 6.42 Å². The lowest BCUT2D eigenvalue weighted by atomic mass is 9.92. The molecule has 1 saturated carbocycles.